The Morgan fingerprint density at radius 1 is 1.29 bits per heavy atom. The van der Waals surface area contributed by atoms with E-state index >= 15 is 0 Å². The minimum atomic E-state index is 0.489. The first-order valence-corrected chi connectivity index (χ1v) is 6.66. The van der Waals surface area contributed by atoms with Crippen LogP contribution in [0.4, 0.5) is 0 Å². The number of nitrogens with zero attached hydrogens (tertiary/aromatic N) is 1. The molecule has 1 aliphatic rings. The average molecular weight is 243 g/mol. The van der Waals surface area contributed by atoms with Gasteiger partial charge in [0.15, 0.2) is 6.29 Å². The molecule has 1 aromatic carbocycles. The molecule has 0 bridgehead atoms. The largest absolute Gasteiger partial charge is 0.297 e. The minimum absolute atomic E-state index is 0.489. The molecule has 1 atom stereocenters. The van der Waals surface area contributed by atoms with Crippen LogP contribution in [-0.2, 0) is 12.8 Å². The second kappa shape index (κ2) is 4.41. The van der Waals surface area contributed by atoms with E-state index in [1.165, 1.54) is 22.5 Å². The van der Waals surface area contributed by atoms with E-state index in [4.69, 9.17) is 0 Å². The summed E-state index contributed by atoms with van der Waals surface area (Å²) in [7, 11) is 0. The molecule has 2 aromatic rings. The third-order valence-electron chi connectivity index (χ3n) is 3.35. The lowest BCUT2D eigenvalue weighted by Crippen LogP contribution is -2.12. The van der Waals surface area contributed by atoms with Crippen LogP contribution in [-0.4, -0.2) is 11.3 Å². The highest BCUT2D eigenvalue weighted by molar-refractivity contribution is 7.13. The maximum absolute atomic E-state index is 10.7. The first kappa shape index (κ1) is 10.7. The van der Waals surface area contributed by atoms with E-state index in [0.29, 0.717) is 5.92 Å². The van der Waals surface area contributed by atoms with Gasteiger partial charge >= 0.3 is 0 Å². The minimum Gasteiger partial charge on any atom is -0.297 e. The summed E-state index contributed by atoms with van der Waals surface area (Å²) in [6.07, 6.45) is 5.90. The molecule has 17 heavy (non-hydrogen) atoms. The van der Waals surface area contributed by atoms with Crippen molar-refractivity contribution in [2.75, 3.05) is 0 Å². The fourth-order valence-electron chi connectivity index (χ4n) is 2.45. The van der Waals surface area contributed by atoms with E-state index in [1.54, 1.807) is 6.20 Å². The summed E-state index contributed by atoms with van der Waals surface area (Å²) >= 11 is 1.53. The highest BCUT2D eigenvalue weighted by Crippen LogP contribution is 2.34. The maximum atomic E-state index is 10.7. The van der Waals surface area contributed by atoms with Gasteiger partial charge in [-0.05, 0) is 30.4 Å². The zero-order valence-corrected chi connectivity index (χ0v) is 10.2. The zero-order valence-electron chi connectivity index (χ0n) is 9.43. The maximum Gasteiger partial charge on any atom is 0.161 e. The van der Waals surface area contributed by atoms with Gasteiger partial charge in [0.1, 0.15) is 0 Å². The van der Waals surface area contributed by atoms with Gasteiger partial charge in [0.2, 0.25) is 0 Å². The number of rotatable bonds is 2. The van der Waals surface area contributed by atoms with Crippen LogP contribution in [0.2, 0.25) is 0 Å². The number of fused-ring (bicyclic) bond motifs is 1. The molecule has 86 valence electrons. The van der Waals surface area contributed by atoms with Gasteiger partial charge in [-0.25, -0.2) is 4.98 Å². The van der Waals surface area contributed by atoms with Gasteiger partial charge in [-0.2, -0.15) is 0 Å². The predicted octanol–water partition coefficient (Wildman–Crippen LogP) is 3.23. The van der Waals surface area contributed by atoms with E-state index in [9.17, 15) is 4.79 Å². The van der Waals surface area contributed by atoms with Crippen LogP contribution in [0.3, 0.4) is 0 Å². The number of hydrogen-bond acceptors (Lipinski definition) is 3. The third-order valence-corrected chi connectivity index (χ3v) is 4.44. The Kier molecular flexibility index (Phi) is 2.77. The van der Waals surface area contributed by atoms with Crippen molar-refractivity contribution in [1.82, 2.24) is 4.98 Å². The van der Waals surface area contributed by atoms with E-state index in [0.717, 1.165) is 35.4 Å². The second-order valence-electron chi connectivity index (χ2n) is 4.43. The highest BCUT2D eigenvalue weighted by atomic mass is 32.1. The third kappa shape index (κ3) is 2.03. The summed E-state index contributed by atoms with van der Waals surface area (Å²) in [4.78, 5) is 15.8. The number of thiazole rings is 1. The molecule has 1 heterocycles. The molecule has 1 aliphatic carbocycles. The number of benzene rings is 1. The van der Waals surface area contributed by atoms with E-state index < -0.39 is 0 Å². The molecule has 0 fully saturated rings. The molecule has 0 saturated heterocycles. The van der Waals surface area contributed by atoms with E-state index in [1.807, 2.05) is 0 Å². The molecule has 0 spiro atoms. The van der Waals surface area contributed by atoms with E-state index in [-0.39, 0.29) is 0 Å². The van der Waals surface area contributed by atoms with Crippen LogP contribution in [0.5, 0.6) is 0 Å². The predicted molar refractivity (Wildman–Crippen MR) is 68.7 cm³/mol. The van der Waals surface area contributed by atoms with Crippen LogP contribution in [0.1, 0.15) is 38.1 Å². The molecule has 0 aliphatic heterocycles. The van der Waals surface area contributed by atoms with Gasteiger partial charge in [-0.1, -0.05) is 24.3 Å². The molecule has 2 nitrogen and oxygen atoms in total. The van der Waals surface area contributed by atoms with Crippen molar-refractivity contribution in [1.29, 1.82) is 0 Å². The molecule has 3 rings (SSSR count). The fourth-order valence-corrected chi connectivity index (χ4v) is 3.32. The first-order chi connectivity index (χ1) is 8.36. The standard InChI is InChI=1S/C14H13NOS/c16-9-13-8-15-14(17-13)12-6-5-10-3-1-2-4-11(10)7-12/h1-4,8-9,12H,5-7H2. The molecule has 1 unspecified atom stereocenters. The Hall–Kier alpha value is -1.48. The van der Waals surface area contributed by atoms with Crippen molar-refractivity contribution in [3.63, 3.8) is 0 Å². The quantitative estimate of drug-likeness (QED) is 0.758. The fraction of sp³-hybridized carbons (Fsp3) is 0.286. The van der Waals surface area contributed by atoms with Crippen molar-refractivity contribution < 1.29 is 4.79 Å². The summed E-state index contributed by atoms with van der Waals surface area (Å²) < 4.78 is 0. The summed E-state index contributed by atoms with van der Waals surface area (Å²) in [5.74, 6) is 0.489. The lowest BCUT2D eigenvalue weighted by atomic mass is 9.84. The number of carbonyl (C=O) groups excluding carboxylic acids is 1. The Morgan fingerprint density at radius 3 is 2.88 bits per heavy atom. The van der Waals surface area contributed by atoms with Crippen molar-refractivity contribution >= 4 is 17.6 Å². The molecule has 0 amide bonds. The summed E-state index contributed by atoms with van der Waals surface area (Å²) in [5.41, 5.74) is 2.91. The van der Waals surface area contributed by atoms with Crippen molar-refractivity contribution in [3.05, 3.63) is 51.5 Å². The van der Waals surface area contributed by atoms with Gasteiger partial charge < -0.3 is 0 Å². The number of hydrogen-bond donors (Lipinski definition) is 0. The molecule has 1 aromatic heterocycles. The van der Waals surface area contributed by atoms with Gasteiger partial charge in [0, 0.05) is 12.1 Å². The van der Waals surface area contributed by atoms with Gasteiger partial charge in [0.05, 0.1) is 9.88 Å². The van der Waals surface area contributed by atoms with Gasteiger partial charge in [-0.15, -0.1) is 11.3 Å². The van der Waals surface area contributed by atoms with Gasteiger partial charge in [0.25, 0.3) is 0 Å². The van der Waals surface area contributed by atoms with Crippen molar-refractivity contribution in [2.45, 2.75) is 25.2 Å². The molecule has 3 heteroatoms. The summed E-state index contributed by atoms with van der Waals surface area (Å²) in [6, 6.07) is 8.62. The van der Waals surface area contributed by atoms with Crippen molar-refractivity contribution in [2.24, 2.45) is 0 Å². The Balaban J connectivity index is 1.86. The number of aromatic nitrogens is 1. The van der Waals surface area contributed by atoms with E-state index in [2.05, 4.69) is 29.2 Å². The Labute approximate surface area is 104 Å². The second-order valence-corrected chi connectivity index (χ2v) is 5.52. The SMILES string of the molecule is O=Cc1cnc(C2CCc3ccccc3C2)s1. The summed E-state index contributed by atoms with van der Waals surface area (Å²) in [6.45, 7) is 0. The van der Waals surface area contributed by atoms with Crippen LogP contribution in [0, 0.1) is 0 Å². The van der Waals surface area contributed by atoms with Crippen LogP contribution in [0.25, 0.3) is 0 Å². The van der Waals surface area contributed by atoms with Crippen molar-refractivity contribution in [3.8, 4) is 0 Å². The highest BCUT2D eigenvalue weighted by Gasteiger charge is 2.22. The normalized spacial score (nSPS) is 18.7. The Bertz CT molecular complexity index is 547. The first-order valence-electron chi connectivity index (χ1n) is 5.84. The molecule has 0 N–H and O–H groups in total. The monoisotopic (exact) mass is 243 g/mol. The number of aryl methyl sites for hydroxylation is 1. The lowest BCUT2D eigenvalue weighted by molar-refractivity contribution is 0.112. The molecule has 0 saturated carbocycles. The Morgan fingerprint density at radius 2 is 2.12 bits per heavy atom. The van der Waals surface area contributed by atoms with Crippen LogP contribution in [0.15, 0.2) is 30.5 Å². The molecule has 0 radical (unpaired) electrons. The summed E-state index contributed by atoms with van der Waals surface area (Å²) in [5, 5.41) is 1.11. The van der Waals surface area contributed by atoms with Crippen LogP contribution >= 0.6 is 11.3 Å². The lowest BCUT2D eigenvalue weighted by Gasteiger charge is -2.22. The number of carbonyl (C=O) groups is 1. The average Bonchev–Trinajstić information content (AvgIpc) is 2.87. The topological polar surface area (TPSA) is 30.0 Å². The molecular formula is C14H13NOS. The smallest absolute Gasteiger partial charge is 0.161 e. The van der Waals surface area contributed by atoms with Crippen LogP contribution < -0.4 is 0 Å². The van der Waals surface area contributed by atoms with Gasteiger partial charge in [-0.3, -0.25) is 4.79 Å². The zero-order chi connectivity index (χ0) is 11.7. The molecular weight excluding hydrogens is 230 g/mol. The number of aldehydes is 1.